The van der Waals surface area contributed by atoms with E-state index in [0.717, 1.165) is 29.3 Å². The number of hydrogen-bond donors (Lipinski definition) is 2. The maximum Gasteiger partial charge on any atom is 0.269 e. The summed E-state index contributed by atoms with van der Waals surface area (Å²) in [7, 11) is 4.00. The molecule has 2 aromatic carbocycles. The number of fused-ring (bicyclic) bond motifs is 1. The molecular weight excluding hydrogens is 388 g/mol. The largest absolute Gasteiger partial charge is 0.377 e. The van der Waals surface area contributed by atoms with Gasteiger partial charge in [0, 0.05) is 49.5 Å². The smallest absolute Gasteiger partial charge is 0.269 e. The van der Waals surface area contributed by atoms with Crippen LogP contribution in [0.3, 0.4) is 0 Å². The molecule has 3 aromatic rings. The Morgan fingerprint density at radius 2 is 1.68 bits per heavy atom. The Bertz CT molecular complexity index is 1030. The fourth-order valence-corrected chi connectivity index (χ4v) is 3.72. The van der Waals surface area contributed by atoms with Gasteiger partial charge in [0.05, 0.1) is 0 Å². The zero-order valence-electron chi connectivity index (χ0n) is 18.4. The Morgan fingerprint density at radius 1 is 0.935 bits per heavy atom. The van der Waals surface area contributed by atoms with Crippen LogP contribution in [0.4, 0.5) is 5.69 Å². The summed E-state index contributed by atoms with van der Waals surface area (Å²) in [6.07, 6.45) is 4.05. The predicted molar refractivity (Wildman–Crippen MR) is 126 cm³/mol. The number of nitrogens with one attached hydrogen (secondary N) is 2. The van der Waals surface area contributed by atoms with Crippen molar-refractivity contribution >= 4 is 28.3 Å². The summed E-state index contributed by atoms with van der Waals surface area (Å²) < 4.78 is 0. The summed E-state index contributed by atoms with van der Waals surface area (Å²) in [6.45, 7) is 2.56. The van der Waals surface area contributed by atoms with E-state index in [9.17, 15) is 9.59 Å². The molecule has 1 atom stereocenters. The van der Waals surface area contributed by atoms with Crippen molar-refractivity contribution in [3.05, 3.63) is 72.1 Å². The number of carbonyl (C=O) groups excluding carboxylic acids is 2. The summed E-state index contributed by atoms with van der Waals surface area (Å²) in [5.74, 6) is -0.288. The molecule has 0 aliphatic carbocycles. The van der Waals surface area contributed by atoms with E-state index in [-0.39, 0.29) is 17.9 Å². The van der Waals surface area contributed by atoms with Gasteiger partial charge in [0.1, 0.15) is 5.69 Å². The van der Waals surface area contributed by atoms with Crippen molar-refractivity contribution < 1.29 is 9.59 Å². The molecule has 3 rings (SSSR count). The number of aromatic nitrogens is 1. The lowest BCUT2D eigenvalue weighted by molar-refractivity contribution is 0.0932. The predicted octanol–water partition coefficient (Wildman–Crippen LogP) is 4.02. The second-order valence-electron chi connectivity index (χ2n) is 7.79. The van der Waals surface area contributed by atoms with Crippen LogP contribution in [0.15, 0.2) is 60.8 Å². The van der Waals surface area contributed by atoms with E-state index in [2.05, 4.69) is 22.5 Å². The molecule has 31 heavy (non-hydrogen) atoms. The first-order valence-corrected chi connectivity index (χ1v) is 10.7. The molecule has 1 heterocycles. The lowest BCUT2D eigenvalue weighted by Gasteiger charge is -2.21. The van der Waals surface area contributed by atoms with Gasteiger partial charge in [-0.15, -0.1) is 0 Å². The average molecular weight is 419 g/mol. The molecule has 0 aliphatic rings. The number of nitrogens with zero attached hydrogens (tertiary/aromatic N) is 2. The molecular formula is C25H30N4O2. The fraction of sp³-hybridized carbons (Fsp3) is 0.320. The van der Waals surface area contributed by atoms with E-state index >= 15 is 0 Å². The number of benzene rings is 2. The van der Waals surface area contributed by atoms with Gasteiger partial charge < -0.3 is 15.5 Å². The van der Waals surface area contributed by atoms with Gasteiger partial charge in [-0.05, 0) is 42.5 Å². The Balaban J connectivity index is 1.68. The molecule has 0 saturated carbocycles. The highest BCUT2D eigenvalue weighted by atomic mass is 16.2. The molecule has 0 saturated heterocycles. The Labute approximate surface area is 183 Å². The standard InChI is InChI=1S/C25H30N4O2/c1-4-9-18(15-17-27-25(31)22-12-7-8-16-26-22)28-24(30)21-13-14-23(29(2)3)20-11-6-5-10-19(20)21/h5-8,10-14,16,18H,4,9,15,17H2,1-3H3,(H,27,31)(H,28,30). The lowest BCUT2D eigenvalue weighted by atomic mass is 10.0. The fourth-order valence-electron chi connectivity index (χ4n) is 3.72. The van der Waals surface area contributed by atoms with Gasteiger partial charge in [-0.2, -0.15) is 0 Å². The van der Waals surface area contributed by atoms with Gasteiger partial charge in [-0.1, -0.05) is 43.7 Å². The van der Waals surface area contributed by atoms with Crippen molar-refractivity contribution in [3.8, 4) is 0 Å². The quantitative estimate of drug-likeness (QED) is 0.550. The molecule has 1 unspecified atom stereocenters. The molecule has 6 heteroatoms. The van der Waals surface area contributed by atoms with Crippen molar-refractivity contribution in [2.24, 2.45) is 0 Å². The maximum absolute atomic E-state index is 13.1. The first kappa shape index (κ1) is 22.3. The maximum atomic E-state index is 13.1. The van der Waals surface area contributed by atoms with E-state index in [4.69, 9.17) is 0 Å². The summed E-state index contributed by atoms with van der Waals surface area (Å²) in [6, 6.07) is 17.1. The van der Waals surface area contributed by atoms with Gasteiger partial charge in [0.15, 0.2) is 0 Å². The van der Waals surface area contributed by atoms with Gasteiger partial charge in [0.2, 0.25) is 0 Å². The molecule has 0 spiro atoms. The van der Waals surface area contributed by atoms with E-state index in [1.807, 2.05) is 55.4 Å². The number of hydrogen-bond acceptors (Lipinski definition) is 4. The number of carbonyl (C=O) groups is 2. The van der Waals surface area contributed by atoms with E-state index in [1.165, 1.54) is 0 Å². The van der Waals surface area contributed by atoms with Crippen LogP contribution < -0.4 is 15.5 Å². The summed E-state index contributed by atoms with van der Waals surface area (Å²) >= 11 is 0. The van der Waals surface area contributed by atoms with Gasteiger partial charge in [0.25, 0.3) is 11.8 Å². The van der Waals surface area contributed by atoms with Crippen LogP contribution in [0.25, 0.3) is 10.8 Å². The molecule has 2 N–H and O–H groups in total. The number of rotatable bonds is 9. The van der Waals surface area contributed by atoms with E-state index in [0.29, 0.717) is 24.2 Å². The minimum absolute atomic E-state index is 0.0196. The highest BCUT2D eigenvalue weighted by Crippen LogP contribution is 2.28. The highest BCUT2D eigenvalue weighted by molar-refractivity contribution is 6.10. The Hall–Kier alpha value is -3.41. The van der Waals surface area contributed by atoms with E-state index < -0.39 is 0 Å². The van der Waals surface area contributed by atoms with Gasteiger partial charge in [-0.3, -0.25) is 14.6 Å². The second kappa shape index (κ2) is 10.6. The van der Waals surface area contributed by atoms with Gasteiger partial charge >= 0.3 is 0 Å². The minimum atomic E-state index is -0.201. The Kier molecular flexibility index (Phi) is 7.60. The first-order valence-electron chi connectivity index (χ1n) is 10.7. The molecule has 0 radical (unpaired) electrons. The number of anilines is 1. The zero-order chi connectivity index (χ0) is 22.2. The van der Waals surface area contributed by atoms with Crippen LogP contribution in [0.2, 0.25) is 0 Å². The third-order valence-corrected chi connectivity index (χ3v) is 5.28. The van der Waals surface area contributed by atoms with Crippen LogP contribution in [-0.2, 0) is 0 Å². The second-order valence-corrected chi connectivity index (χ2v) is 7.79. The third-order valence-electron chi connectivity index (χ3n) is 5.28. The van der Waals surface area contributed by atoms with Crippen LogP contribution >= 0.6 is 0 Å². The topological polar surface area (TPSA) is 74.3 Å². The normalized spacial score (nSPS) is 11.7. The van der Waals surface area contributed by atoms with E-state index in [1.54, 1.807) is 24.4 Å². The van der Waals surface area contributed by atoms with Crippen LogP contribution in [0.1, 0.15) is 47.0 Å². The summed E-state index contributed by atoms with van der Waals surface area (Å²) in [5, 5.41) is 8.05. The van der Waals surface area contributed by atoms with Crippen LogP contribution in [0.5, 0.6) is 0 Å². The van der Waals surface area contributed by atoms with Gasteiger partial charge in [-0.25, -0.2) is 0 Å². The summed E-state index contributed by atoms with van der Waals surface area (Å²) in [4.78, 5) is 31.4. The third kappa shape index (κ3) is 5.60. The highest BCUT2D eigenvalue weighted by Gasteiger charge is 2.17. The lowest BCUT2D eigenvalue weighted by Crippen LogP contribution is -2.38. The molecule has 0 bridgehead atoms. The minimum Gasteiger partial charge on any atom is -0.377 e. The van der Waals surface area contributed by atoms with Crippen molar-refractivity contribution in [2.75, 3.05) is 25.5 Å². The van der Waals surface area contributed by atoms with Crippen LogP contribution in [-0.4, -0.2) is 43.5 Å². The first-order chi connectivity index (χ1) is 15.0. The summed E-state index contributed by atoms with van der Waals surface area (Å²) in [5.41, 5.74) is 2.14. The molecule has 6 nitrogen and oxygen atoms in total. The Morgan fingerprint density at radius 3 is 2.35 bits per heavy atom. The van der Waals surface area contributed by atoms with Crippen molar-refractivity contribution in [1.82, 2.24) is 15.6 Å². The SMILES string of the molecule is CCCC(CCNC(=O)c1ccccn1)NC(=O)c1ccc(N(C)C)c2ccccc12. The molecule has 0 fully saturated rings. The number of amides is 2. The molecule has 1 aromatic heterocycles. The zero-order valence-corrected chi connectivity index (χ0v) is 18.4. The molecule has 0 aliphatic heterocycles. The molecule has 162 valence electrons. The monoisotopic (exact) mass is 418 g/mol. The van der Waals surface area contributed by atoms with Crippen LogP contribution in [0, 0.1) is 0 Å². The van der Waals surface area contributed by atoms with Crippen molar-refractivity contribution in [3.63, 3.8) is 0 Å². The number of pyridine rings is 1. The van der Waals surface area contributed by atoms with Crippen molar-refractivity contribution in [1.29, 1.82) is 0 Å². The average Bonchev–Trinajstić information content (AvgIpc) is 2.78. The van der Waals surface area contributed by atoms with Crippen molar-refractivity contribution in [2.45, 2.75) is 32.2 Å². The molecule has 2 amide bonds.